The molecule has 0 unspecified atom stereocenters. The van der Waals surface area contributed by atoms with E-state index in [9.17, 15) is 18.8 Å². The third kappa shape index (κ3) is 5.35. The Morgan fingerprint density at radius 3 is 2.63 bits per heavy atom. The van der Waals surface area contributed by atoms with Gasteiger partial charge in [0.25, 0.3) is 5.91 Å². The van der Waals surface area contributed by atoms with Crippen molar-refractivity contribution in [3.63, 3.8) is 0 Å². The van der Waals surface area contributed by atoms with Gasteiger partial charge in [0, 0.05) is 32.1 Å². The summed E-state index contributed by atoms with van der Waals surface area (Å²) >= 11 is 5.84. The monoisotopic (exact) mass is 436 g/mol. The van der Waals surface area contributed by atoms with E-state index in [-0.39, 0.29) is 16.7 Å². The fourth-order valence-corrected chi connectivity index (χ4v) is 3.33. The van der Waals surface area contributed by atoms with Crippen LogP contribution in [0.15, 0.2) is 36.5 Å². The molecule has 3 rings (SSSR count). The number of aromatic nitrogens is 1. The zero-order valence-electron chi connectivity index (χ0n) is 15.6. The largest absolute Gasteiger partial charge is 0.506 e. The van der Waals surface area contributed by atoms with Crippen LogP contribution in [0.25, 0.3) is 0 Å². The molecule has 3 N–H and O–H groups in total. The number of carbonyl (C=O) groups is 3. The summed E-state index contributed by atoms with van der Waals surface area (Å²) in [5.74, 6) is -0.901. The normalized spacial score (nSPS) is 14.1. The molecule has 1 fully saturated rings. The predicted molar refractivity (Wildman–Crippen MR) is 106 cm³/mol. The van der Waals surface area contributed by atoms with E-state index in [0.717, 1.165) is 12.1 Å². The van der Waals surface area contributed by atoms with Crippen LogP contribution in [0.1, 0.15) is 23.2 Å². The number of halogens is 2. The number of nitrogens with one attached hydrogen (secondary N) is 2. The van der Waals surface area contributed by atoms with E-state index in [2.05, 4.69) is 15.6 Å². The third-order valence-corrected chi connectivity index (χ3v) is 4.76. The van der Waals surface area contributed by atoms with Gasteiger partial charge >= 0.3 is 12.2 Å². The standard InChI is InChI=1S/C19H18ClFN4O5/c20-14-10-11(21)3-4-13(14)17(26)24-18(27)23-15-2-1-7-22-16(15)25-8-5-12(6-9-25)30-19(28)29/h1-4,7,10,12H,5-6,8-9H2,(H,28,29)(H2,23,24,26,27). The number of hydrogen-bond acceptors (Lipinski definition) is 6. The van der Waals surface area contributed by atoms with E-state index in [1.54, 1.807) is 18.3 Å². The molecule has 1 aliphatic heterocycles. The highest BCUT2D eigenvalue weighted by Crippen LogP contribution is 2.26. The molecule has 158 valence electrons. The summed E-state index contributed by atoms with van der Waals surface area (Å²) < 4.78 is 17.9. The molecule has 2 heterocycles. The quantitative estimate of drug-likeness (QED) is 0.627. The fourth-order valence-electron chi connectivity index (χ4n) is 3.07. The highest BCUT2D eigenvalue weighted by Gasteiger charge is 2.25. The molecule has 1 aromatic carbocycles. The van der Waals surface area contributed by atoms with E-state index in [4.69, 9.17) is 21.4 Å². The molecule has 1 aromatic heterocycles. The maximum atomic E-state index is 13.1. The van der Waals surface area contributed by atoms with Gasteiger partial charge in [-0.2, -0.15) is 0 Å². The van der Waals surface area contributed by atoms with Crippen LogP contribution in [-0.2, 0) is 4.74 Å². The SMILES string of the molecule is O=C(NC(=O)c1ccc(F)cc1Cl)Nc1cccnc1N1CCC(OC(=O)O)CC1. The minimum atomic E-state index is -1.31. The van der Waals surface area contributed by atoms with Crippen molar-refractivity contribution in [1.82, 2.24) is 10.3 Å². The maximum absolute atomic E-state index is 13.1. The van der Waals surface area contributed by atoms with E-state index in [0.29, 0.717) is 37.4 Å². The summed E-state index contributed by atoms with van der Waals surface area (Å²) in [6.07, 6.45) is 0.824. The second-order valence-electron chi connectivity index (χ2n) is 6.48. The average Bonchev–Trinajstić information content (AvgIpc) is 2.68. The Labute approximate surface area is 175 Å². The molecule has 11 heteroatoms. The first kappa shape index (κ1) is 21.3. The van der Waals surface area contributed by atoms with Crippen LogP contribution in [0.3, 0.4) is 0 Å². The molecule has 1 saturated heterocycles. The summed E-state index contributed by atoms with van der Waals surface area (Å²) in [7, 11) is 0. The molecule has 2 aromatic rings. The minimum absolute atomic E-state index is 0.0415. The number of carbonyl (C=O) groups excluding carboxylic acids is 2. The van der Waals surface area contributed by atoms with Gasteiger partial charge in [-0.1, -0.05) is 11.6 Å². The number of ether oxygens (including phenoxy) is 1. The van der Waals surface area contributed by atoms with Crippen LogP contribution < -0.4 is 15.5 Å². The fraction of sp³-hybridized carbons (Fsp3) is 0.263. The molecule has 30 heavy (non-hydrogen) atoms. The van der Waals surface area contributed by atoms with Gasteiger partial charge < -0.3 is 20.1 Å². The smallest absolute Gasteiger partial charge is 0.450 e. The van der Waals surface area contributed by atoms with Gasteiger partial charge in [-0.05, 0) is 30.3 Å². The van der Waals surface area contributed by atoms with Crippen molar-refractivity contribution in [2.45, 2.75) is 18.9 Å². The molecule has 1 aliphatic rings. The molecule has 3 amide bonds. The number of benzene rings is 1. The lowest BCUT2D eigenvalue weighted by Crippen LogP contribution is -2.39. The number of amides is 3. The molecule has 0 bridgehead atoms. The second kappa shape index (κ2) is 9.40. The first-order chi connectivity index (χ1) is 14.3. The van der Waals surface area contributed by atoms with Crippen molar-refractivity contribution >= 4 is 41.2 Å². The van der Waals surface area contributed by atoms with Crippen LogP contribution in [-0.4, -0.2) is 47.4 Å². The molecular weight excluding hydrogens is 419 g/mol. The van der Waals surface area contributed by atoms with E-state index < -0.39 is 23.9 Å². The van der Waals surface area contributed by atoms with E-state index in [1.165, 1.54) is 6.07 Å². The summed E-state index contributed by atoms with van der Waals surface area (Å²) in [6.45, 7) is 0.963. The van der Waals surface area contributed by atoms with Crippen molar-refractivity contribution in [3.05, 3.63) is 52.9 Å². The Kier molecular flexibility index (Phi) is 6.68. The van der Waals surface area contributed by atoms with Crippen molar-refractivity contribution < 1.29 is 28.6 Å². The van der Waals surface area contributed by atoms with Crippen molar-refractivity contribution in [1.29, 1.82) is 0 Å². The molecular formula is C19H18ClFN4O5. The number of hydrogen-bond donors (Lipinski definition) is 3. The van der Waals surface area contributed by atoms with Crippen LogP contribution >= 0.6 is 11.6 Å². The highest BCUT2D eigenvalue weighted by molar-refractivity contribution is 6.34. The lowest BCUT2D eigenvalue weighted by molar-refractivity contribution is 0.0415. The molecule has 0 atom stereocenters. The number of piperidine rings is 1. The number of urea groups is 1. The lowest BCUT2D eigenvalue weighted by Gasteiger charge is -2.32. The molecule has 0 spiro atoms. The maximum Gasteiger partial charge on any atom is 0.506 e. The Balaban J connectivity index is 1.64. The van der Waals surface area contributed by atoms with Crippen LogP contribution in [0.2, 0.25) is 5.02 Å². The van der Waals surface area contributed by atoms with Crippen molar-refractivity contribution in [2.75, 3.05) is 23.3 Å². The van der Waals surface area contributed by atoms with Gasteiger partial charge in [0.15, 0.2) is 5.82 Å². The van der Waals surface area contributed by atoms with Crippen LogP contribution in [0, 0.1) is 5.82 Å². The first-order valence-corrected chi connectivity index (χ1v) is 9.38. The topological polar surface area (TPSA) is 121 Å². The van der Waals surface area contributed by atoms with Gasteiger partial charge in [-0.15, -0.1) is 0 Å². The number of anilines is 2. The summed E-state index contributed by atoms with van der Waals surface area (Å²) in [6, 6.07) is 5.66. The third-order valence-electron chi connectivity index (χ3n) is 4.45. The lowest BCUT2D eigenvalue weighted by atomic mass is 10.1. The number of rotatable bonds is 4. The molecule has 0 saturated carbocycles. The second-order valence-corrected chi connectivity index (χ2v) is 6.88. The number of pyridine rings is 1. The summed E-state index contributed by atoms with van der Waals surface area (Å²) in [5, 5.41) is 13.3. The van der Waals surface area contributed by atoms with Gasteiger partial charge in [0.05, 0.1) is 16.3 Å². The van der Waals surface area contributed by atoms with Crippen molar-refractivity contribution in [2.24, 2.45) is 0 Å². The zero-order valence-corrected chi connectivity index (χ0v) is 16.4. The van der Waals surface area contributed by atoms with Gasteiger partial charge in [0.1, 0.15) is 11.9 Å². The van der Waals surface area contributed by atoms with Crippen LogP contribution in [0.5, 0.6) is 0 Å². The first-order valence-electron chi connectivity index (χ1n) is 9.00. The zero-order chi connectivity index (χ0) is 21.7. The predicted octanol–water partition coefficient (Wildman–Crippen LogP) is 3.50. The number of nitrogens with zero attached hydrogens (tertiary/aromatic N) is 2. The van der Waals surface area contributed by atoms with Crippen molar-refractivity contribution in [3.8, 4) is 0 Å². The summed E-state index contributed by atoms with van der Waals surface area (Å²) in [5.41, 5.74) is 0.325. The summed E-state index contributed by atoms with van der Waals surface area (Å²) in [4.78, 5) is 41.3. The Morgan fingerprint density at radius 2 is 1.97 bits per heavy atom. The van der Waals surface area contributed by atoms with Gasteiger partial charge in [-0.25, -0.2) is 19.0 Å². The molecule has 0 radical (unpaired) electrons. The number of imide groups is 1. The van der Waals surface area contributed by atoms with E-state index in [1.807, 2.05) is 4.90 Å². The van der Waals surface area contributed by atoms with Gasteiger partial charge in [0.2, 0.25) is 0 Å². The highest BCUT2D eigenvalue weighted by atomic mass is 35.5. The Morgan fingerprint density at radius 1 is 1.23 bits per heavy atom. The Bertz CT molecular complexity index is 966. The van der Waals surface area contributed by atoms with E-state index >= 15 is 0 Å². The molecule has 9 nitrogen and oxygen atoms in total. The molecule has 0 aliphatic carbocycles. The van der Waals surface area contributed by atoms with Gasteiger partial charge in [-0.3, -0.25) is 10.1 Å². The average molecular weight is 437 g/mol. The minimum Gasteiger partial charge on any atom is -0.450 e. The Hall–Kier alpha value is -3.40. The van der Waals surface area contributed by atoms with Crippen LogP contribution in [0.4, 0.5) is 25.5 Å². The number of carboxylic acid groups (broad SMARTS) is 1.